The van der Waals surface area contributed by atoms with Crippen molar-refractivity contribution in [1.29, 1.82) is 0 Å². The second kappa shape index (κ2) is 6.25. The van der Waals surface area contributed by atoms with Gasteiger partial charge in [0.1, 0.15) is 10.9 Å². The summed E-state index contributed by atoms with van der Waals surface area (Å²) in [6, 6.07) is 15.9. The van der Waals surface area contributed by atoms with Crippen molar-refractivity contribution in [2.75, 3.05) is 5.75 Å². The van der Waals surface area contributed by atoms with E-state index < -0.39 is 0 Å². The summed E-state index contributed by atoms with van der Waals surface area (Å²) in [4.78, 5) is 25.4. The van der Waals surface area contributed by atoms with Gasteiger partial charge < -0.3 is 4.98 Å². The maximum absolute atomic E-state index is 12.8. The summed E-state index contributed by atoms with van der Waals surface area (Å²) in [6.45, 7) is 0. The molecule has 0 radical (unpaired) electrons. The van der Waals surface area contributed by atoms with Crippen molar-refractivity contribution in [3.63, 3.8) is 0 Å². The topological polar surface area (TPSA) is 58.6 Å². The third-order valence-corrected chi connectivity index (χ3v) is 5.75. The number of rotatable bonds is 5. The van der Waals surface area contributed by atoms with Crippen LogP contribution in [0.25, 0.3) is 21.8 Å². The van der Waals surface area contributed by atoms with Crippen LogP contribution in [0.15, 0.2) is 59.8 Å². The molecule has 1 aliphatic rings. The van der Waals surface area contributed by atoms with Gasteiger partial charge in [0, 0.05) is 34.0 Å². The van der Waals surface area contributed by atoms with Gasteiger partial charge in [-0.15, -0.1) is 0 Å². The lowest BCUT2D eigenvalue weighted by atomic mass is 10.1. The highest BCUT2D eigenvalue weighted by atomic mass is 32.2. The molecule has 0 amide bonds. The van der Waals surface area contributed by atoms with Crippen LogP contribution in [-0.4, -0.2) is 26.5 Å². The van der Waals surface area contributed by atoms with E-state index in [1.165, 1.54) is 11.8 Å². The van der Waals surface area contributed by atoms with Gasteiger partial charge in [0.25, 0.3) is 0 Å². The maximum Gasteiger partial charge on any atom is 0.175 e. The zero-order valence-corrected chi connectivity index (χ0v) is 14.9. The molecular weight excluding hydrogens is 342 g/mol. The van der Waals surface area contributed by atoms with E-state index in [9.17, 15) is 4.79 Å². The highest BCUT2D eigenvalue weighted by Gasteiger charge is 2.27. The quantitative estimate of drug-likeness (QED) is 0.311. The minimum atomic E-state index is 0.114. The number of thioether (sulfide) groups is 1. The predicted octanol–water partition coefficient (Wildman–Crippen LogP) is 4.96. The summed E-state index contributed by atoms with van der Waals surface area (Å²) >= 11 is 1.51. The molecule has 0 atom stereocenters. The van der Waals surface area contributed by atoms with Gasteiger partial charge in [0.15, 0.2) is 5.78 Å². The molecular formula is C21H17N3OS. The lowest BCUT2D eigenvalue weighted by Crippen LogP contribution is -2.03. The van der Waals surface area contributed by atoms with Gasteiger partial charge in [-0.2, -0.15) is 0 Å². The average Bonchev–Trinajstić information content (AvgIpc) is 3.44. The Hall–Kier alpha value is -2.66. The molecule has 4 nitrogen and oxygen atoms in total. The minimum Gasteiger partial charge on any atom is -0.360 e. The van der Waals surface area contributed by atoms with Crippen molar-refractivity contribution in [3.05, 3.63) is 66.1 Å². The summed E-state index contributed by atoms with van der Waals surface area (Å²) in [6.07, 6.45) is 4.13. The number of aromatic nitrogens is 3. The number of para-hydroxylation sites is 2. The van der Waals surface area contributed by atoms with Crippen molar-refractivity contribution in [2.24, 2.45) is 0 Å². The Balaban J connectivity index is 1.45. The Morgan fingerprint density at radius 1 is 1.04 bits per heavy atom. The first-order valence-electron chi connectivity index (χ1n) is 8.78. The monoisotopic (exact) mass is 359 g/mol. The molecule has 0 unspecified atom stereocenters. The van der Waals surface area contributed by atoms with Gasteiger partial charge in [-0.1, -0.05) is 48.2 Å². The molecule has 1 fully saturated rings. The Kier molecular flexibility index (Phi) is 3.75. The second-order valence-corrected chi connectivity index (χ2v) is 7.60. The van der Waals surface area contributed by atoms with E-state index in [4.69, 9.17) is 9.97 Å². The van der Waals surface area contributed by atoms with Crippen molar-refractivity contribution in [3.8, 4) is 0 Å². The Morgan fingerprint density at radius 2 is 1.81 bits per heavy atom. The average molecular weight is 359 g/mol. The molecule has 128 valence electrons. The number of fused-ring (bicyclic) bond motifs is 2. The van der Waals surface area contributed by atoms with E-state index in [0.717, 1.165) is 51.1 Å². The maximum atomic E-state index is 12.8. The number of aromatic amines is 1. The van der Waals surface area contributed by atoms with Crippen molar-refractivity contribution in [2.45, 2.75) is 23.8 Å². The fourth-order valence-electron chi connectivity index (χ4n) is 3.21. The SMILES string of the molecule is O=C(CSc1nc(C2CC2)nc2ccccc12)c1c[nH]c2ccccc12. The highest BCUT2D eigenvalue weighted by Crippen LogP contribution is 2.39. The Bertz CT molecular complexity index is 1130. The molecule has 1 aliphatic carbocycles. The standard InChI is InChI=1S/C21H17N3OS/c25-19(16-11-22-17-7-3-1-5-14(16)17)12-26-21-15-6-2-4-8-18(15)23-20(24-21)13-9-10-13/h1-8,11,13,22H,9-10,12H2. The number of Topliss-reactive ketones (excluding diaryl/α,β-unsaturated/α-hetero) is 1. The molecule has 0 aliphatic heterocycles. The number of carbonyl (C=O) groups excluding carboxylic acids is 1. The Labute approximate surface area is 155 Å². The van der Waals surface area contributed by atoms with Crippen LogP contribution in [0.4, 0.5) is 0 Å². The fourth-order valence-corrected chi connectivity index (χ4v) is 4.12. The first-order chi connectivity index (χ1) is 12.8. The summed E-state index contributed by atoms with van der Waals surface area (Å²) in [7, 11) is 0. The normalized spacial score (nSPS) is 14.2. The number of hydrogen-bond acceptors (Lipinski definition) is 4. The van der Waals surface area contributed by atoms with E-state index in [1.807, 2.05) is 48.5 Å². The molecule has 2 aromatic heterocycles. The van der Waals surface area contributed by atoms with Gasteiger partial charge in [-0.25, -0.2) is 9.97 Å². The molecule has 2 aromatic carbocycles. The molecule has 5 heteroatoms. The van der Waals surface area contributed by atoms with E-state index in [2.05, 4.69) is 4.98 Å². The van der Waals surface area contributed by atoms with Gasteiger partial charge in [-0.05, 0) is 25.0 Å². The molecule has 2 heterocycles. The van der Waals surface area contributed by atoms with Crippen molar-refractivity contribution >= 4 is 39.4 Å². The van der Waals surface area contributed by atoms with Gasteiger partial charge in [0.2, 0.25) is 0 Å². The van der Waals surface area contributed by atoms with E-state index in [-0.39, 0.29) is 5.78 Å². The zero-order chi connectivity index (χ0) is 17.5. The van der Waals surface area contributed by atoms with Crippen LogP contribution in [0.3, 0.4) is 0 Å². The van der Waals surface area contributed by atoms with Crippen molar-refractivity contribution in [1.82, 2.24) is 15.0 Å². The van der Waals surface area contributed by atoms with E-state index in [1.54, 1.807) is 6.20 Å². The number of benzene rings is 2. The predicted molar refractivity (Wildman–Crippen MR) is 105 cm³/mol. The number of nitrogens with zero attached hydrogens (tertiary/aromatic N) is 2. The molecule has 26 heavy (non-hydrogen) atoms. The fraction of sp³-hybridized carbons (Fsp3) is 0.190. The van der Waals surface area contributed by atoms with Crippen LogP contribution in [0.2, 0.25) is 0 Å². The van der Waals surface area contributed by atoms with Crippen LogP contribution >= 0.6 is 11.8 Å². The molecule has 5 rings (SSSR count). The second-order valence-electron chi connectivity index (χ2n) is 6.64. The van der Waals surface area contributed by atoms with Crippen molar-refractivity contribution < 1.29 is 4.79 Å². The van der Waals surface area contributed by atoms with Crippen LogP contribution in [-0.2, 0) is 0 Å². The van der Waals surface area contributed by atoms with Crippen LogP contribution in [0.1, 0.15) is 34.9 Å². The smallest absolute Gasteiger partial charge is 0.175 e. The summed E-state index contributed by atoms with van der Waals surface area (Å²) < 4.78 is 0. The molecule has 1 N–H and O–H groups in total. The van der Waals surface area contributed by atoms with Crippen LogP contribution in [0, 0.1) is 0 Å². The number of ketones is 1. The number of H-pyrrole nitrogens is 1. The van der Waals surface area contributed by atoms with Gasteiger partial charge >= 0.3 is 0 Å². The number of hydrogen-bond donors (Lipinski definition) is 1. The molecule has 0 saturated heterocycles. The summed E-state index contributed by atoms with van der Waals surface area (Å²) in [5.74, 6) is 1.89. The van der Waals surface area contributed by atoms with Gasteiger partial charge in [-0.3, -0.25) is 4.79 Å². The van der Waals surface area contributed by atoms with Gasteiger partial charge in [0.05, 0.1) is 11.3 Å². The minimum absolute atomic E-state index is 0.114. The van der Waals surface area contributed by atoms with Crippen LogP contribution < -0.4 is 0 Å². The first kappa shape index (κ1) is 15.6. The van der Waals surface area contributed by atoms with E-state index >= 15 is 0 Å². The molecule has 1 saturated carbocycles. The lowest BCUT2D eigenvalue weighted by Gasteiger charge is -2.07. The third-order valence-electron chi connectivity index (χ3n) is 4.76. The number of nitrogens with one attached hydrogen (secondary N) is 1. The highest BCUT2D eigenvalue weighted by molar-refractivity contribution is 8.00. The molecule has 4 aromatic rings. The molecule has 0 spiro atoms. The molecule has 0 bridgehead atoms. The van der Waals surface area contributed by atoms with Crippen LogP contribution in [0.5, 0.6) is 0 Å². The first-order valence-corrected chi connectivity index (χ1v) is 9.77. The Morgan fingerprint density at radius 3 is 2.65 bits per heavy atom. The summed E-state index contributed by atoms with van der Waals surface area (Å²) in [5, 5.41) is 2.91. The van der Waals surface area contributed by atoms with E-state index in [0.29, 0.717) is 11.7 Å². The number of carbonyl (C=O) groups is 1. The largest absolute Gasteiger partial charge is 0.360 e. The lowest BCUT2D eigenvalue weighted by molar-refractivity contribution is 0.102. The zero-order valence-electron chi connectivity index (χ0n) is 14.1. The third kappa shape index (κ3) is 2.78. The summed E-state index contributed by atoms with van der Waals surface area (Å²) in [5.41, 5.74) is 2.70.